The van der Waals surface area contributed by atoms with Gasteiger partial charge in [0.1, 0.15) is 11.5 Å². The van der Waals surface area contributed by atoms with Gasteiger partial charge in [-0.15, -0.1) is 11.3 Å². The fourth-order valence-electron chi connectivity index (χ4n) is 2.28. The average molecular weight is 307 g/mol. The molecule has 0 amide bonds. The second-order valence-corrected chi connectivity index (χ2v) is 5.74. The quantitative estimate of drug-likeness (QED) is 0.658. The number of nitrogens with one attached hydrogen (secondary N) is 1. The summed E-state index contributed by atoms with van der Waals surface area (Å²) in [5.74, 6) is -0.944. The Bertz CT molecular complexity index is 592. The summed E-state index contributed by atoms with van der Waals surface area (Å²) in [4.78, 5) is 11.9. The molecule has 5 nitrogen and oxygen atoms in total. The highest BCUT2D eigenvalue weighted by Gasteiger charge is 2.22. The molecular weight excluding hydrogens is 290 g/mol. The van der Waals surface area contributed by atoms with Crippen LogP contribution in [0.3, 0.4) is 0 Å². The molecule has 21 heavy (non-hydrogen) atoms. The van der Waals surface area contributed by atoms with Gasteiger partial charge >= 0.3 is 5.97 Å². The van der Waals surface area contributed by atoms with E-state index in [4.69, 9.17) is 5.11 Å². The summed E-state index contributed by atoms with van der Waals surface area (Å²) in [7, 11) is 0. The fourth-order valence-corrected chi connectivity index (χ4v) is 3.06. The third-order valence-corrected chi connectivity index (χ3v) is 4.20. The topological polar surface area (TPSA) is 89.8 Å². The summed E-state index contributed by atoms with van der Waals surface area (Å²) in [5.41, 5.74) is 0.365. The molecule has 6 heteroatoms. The largest absolute Gasteiger partial charge is 0.507 e. The molecule has 0 aliphatic carbocycles. The van der Waals surface area contributed by atoms with Crippen molar-refractivity contribution in [2.45, 2.75) is 25.4 Å². The second-order valence-electron chi connectivity index (χ2n) is 4.76. The van der Waals surface area contributed by atoms with E-state index in [-0.39, 0.29) is 24.0 Å². The molecule has 1 heterocycles. The number of hydrogen-bond acceptors (Lipinski definition) is 5. The van der Waals surface area contributed by atoms with Crippen molar-refractivity contribution >= 4 is 17.3 Å². The lowest BCUT2D eigenvalue weighted by Crippen LogP contribution is -2.26. The molecule has 0 saturated heterocycles. The summed E-state index contributed by atoms with van der Waals surface area (Å²) < 4.78 is 0. The number of hydrogen-bond donors (Lipinski definition) is 4. The van der Waals surface area contributed by atoms with Crippen LogP contribution in [-0.2, 0) is 4.79 Å². The molecular formula is C15H17NO4S. The maximum absolute atomic E-state index is 11.0. The van der Waals surface area contributed by atoms with Gasteiger partial charge in [0.2, 0.25) is 0 Å². The Balaban J connectivity index is 2.22. The Morgan fingerprint density at radius 3 is 2.43 bits per heavy atom. The SMILES string of the molecule is CC(NC(CC(=O)O)c1cccs1)c1c(O)cccc1O. The number of phenolic OH excluding ortho intramolecular Hbond substituents is 2. The number of carboxylic acids is 1. The monoisotopic (exact) mass is 307 g/mol. The van der Waals surface area contributed by atoms with Gasteiger partial charge in [0, 0.05) is 10.9 Å². The molecule has 0 aliphatic rings. The van der Waals surface area contributed by atoms with E-state index in [1.807, 2.05) is 17.5 Å². The molecule has 1 aromatic carbocycles. The smallest absolute Gasteiger partial charge is 0.305 e. The van der Waals surface area contributed by atoms with Crippen LogP contribution in [0.4, 0.5) is 0 Å². The fraction of sp³-hybridized carbons (Fsp3) is 0.267. The van der Waals surface area contributed by atoms with E-state index in [9.17, 15) is 15.0 Å². The lowest BCUT2D eigenvalue weighted by atomic mass is 10.0. The standard InChI is InChI=1S/C15H17NO4S/c1-9(15-11(17)4-2-5-12(15)18)16-10(8-14(19)20)13-6-3-7-21-13/h2-7,9-10,16-18H,8H2,1H3,(H,19,20). The third kappa shape index (κ3) is 3.74. The average Bonchev–Trinajstić information content (AvgIpc) is 2.90. The van der Waals surface area contributed by atoms with Crippen LogP contribution in [0.2, 0.25) is 0 Å². The summed E-state index contributed by atoms with van der Waals surface area (Å²) in [6.07, 6.45) is -0.0702. The number of aromatic hydroxyl groups is 2. The molecule has 2 atom stereocenters. The molecule has 2 unspecified atom stereocenters. The maximum Gasteiger partial charge on any atom is 0.305 e. The van der Waals surface area contributed by atoms with Crippen molar-refractivity contribution in [1.82, 2.24) is 5.32 Å². The molecule has 0 fully saturated rings. The van der Waals surface area contributed by atoms with E-state index in [0.717, 1.165) is 4.88 Å². The maximum atomic E-state index is 11.0. The van der Waals surface area contributed by atoms with Gasteiger partial charge in [-0.05, 0) is 30.5 Å². The van der Waals surface area contributed by atoms with Crippen molar-refractivity contribution in [3.8, 4) is 11.5 Å². The summed E-state index contributed by atoms with van der Waals surface area (Å²) in [6.45, 7) is 1.78. The normalized spacial score (nSPS) is 13.8. The van der Waals surface area contributed by atoms with E-state index < -0.39 is 12.0 Å². The highest BCUT2D eigenvalue weighted by Crippen LogP contribution is 2.34. The van der Waals surface area contributed by atoms with Gasteiger partial charge in [-0.25, -0.2) is 0 Å². The van der Waals surface area contributed by atoms with Crippen molar-refractivity contribution < 1.29 is 20.1 Å². The summed E-state index contributed by atoms with van der Waals surface area (Å²) in [6, 6.07) is 7.49. The molecule has 0 bridgehead atoms. The molecule has 4 N–H and O–H groups in total. The number of phenols is 2. The van der Waals surface area contributed by atoms with E-state index in [0.29, 0.717) is 5.56 Å². The summed E-state index contributed by atoms with van der Waals surface area (Å²) in [5, 5.41) is 33.8. The van der Waals surface area contributed by atoms with E-state index in [1.165, 1.54) is 23.5 Å². The van der Waals surface area contributed by atoms with Crippen LogP contribution in [0.1, 0.15) is 35.9 Å². The lowest BCUT2D eigenvalue weighted by Gasteiger charge is -2.23. The van der Waals surface area contributed by atoms with Gasteiger partial charge in [-0.1, -0.05) is 12.1 Å². The molecule has 1 aromatic heterocycles. The van der Waals surface area contributed by atoms with Crippen LogP contribution in [0.15, 0.2) is 35.7 Å². The zero-order valence-electron chi connectivity index (χ0n) is 11.5. The predicted octanol–water partition coefficient (Wildman–Crippen LogP) is 3.03. The third-order valence-electron chi connectivity index (χ3n) is 3.21. The Morgan fingerprint density at radius 2 is 1.90 bits per heavy atom. The van der Waals surface area contributed by atoms with Gasteiger partial charge < -0.3 is 20.6 Å². The first kappa shape index (κ1) is 15.3. The Labute approximate surface area is 126 Å². The molecule has 2 aromatic rings. The second kappa shape index (κ2) is 6.60. The molecule has 112 valence electrons. The number of carboxylic acid groups (broad SMARTS) is 1. The number of rotatable bonds is 6. The minimum atomic E-state index is -0.908. The molecule has 0 spiro atoms. The molecule has 0 aliphatic heterocycles. The highest BCUT2D eigenvalue weighted by molar-refractivity contribution is 7.10. The van der Waals surface area contributed by atoms with Gasteiger partial charge in [0.05, 0.1) is 18.0 Å². The molecule has 2 rings (SSSR count). The zero-order chi connectivity index (χ0) is 15.4. The number of thiophene rings is 1. The van der Waals surface area contributed by atoms with E-state index in [2.05, 4.69) is 5.32 Å². The summed E-state index contributed by atoms with van der Waals surface area (Å²) >= 11 is 1.47. The van der Waals surface area contributed by atoms with Crippen molar-refractivity contribution in [2.75, 3.05) is 0 Å². The van der Waals surface area contributed by atoms with Crippen molar-refractivity contribution in [2.24, 2.45) is 0 Å². The highest BCUT2D eigenvalue weighted by atomic mass is 32.1. The number of benzene rings is 1. The molecule has 0 radical (unpaired) electrons. The minimum absolute atomic E-state index is 0.0183. The first-order chi connectivity index (χ1) is 9.99. The Hall–Kier alpha value is -2.05. The molecule has 0 saturated carbocycles. The zero-order valence-corrected chi connectivity index (χ0v) is 12.3. The Kier molecular flexibility index (Phi) is 4.82. The predicted molar refractivity (Wildman–Crippen MR) is 80.6 cm³/mol. The van der Waals surface area contributed by atoms with Crippen LogP contribution < -0.4 is 5.32 Å². The van der Waals surface area contributed by atoms with Crippen molar-refractivity contribution in [3.63, 3.8) is 0 Å². The van der Waals surface area contributed by atoms with Crippen LogP contribution in [0.25, 0.3) is 0 Å². The van der Waals surface area contributed by atoms with Gasteiger partial charge in [-0.2, -0.15) is 0 Å². The van der Waals surface area contributed by atoms with Crippen molar-refractivity contribution in [1.29, 1.82) is 0 Å². The van der Waals surface area contributed by atoms with Crippen LogP contribution in [0.5, 0.6) is 11.5 Å². The van der Waals surface area contributed by atoms with Gasteiger partial charge in [0.15, 0.2) is 0 Å². The first-order valence-electron chi connectivity index (χ1n) is 6.51. The Morgan fingerprint density at radius 1 is 1.24 bits per heavy atom. The minimum Gasteiger partial charge on any atom is -0.507 e. The van der Waals surface area contributed by atoms with Gasteiger partial charge in [0.25, 0.3) is 0 Å². The van der Waals surface area contributed by atoms with E-state index in [1.54, 1.807) is 13.0 Å². The van der Waals surface area contributed by atoms with E-state index >= 15 is 0 Å². The van der Waals surface area contributed by atoms with Crippen LogP contribution in [-0.4, -0.2) is 21.3 Å². The number of aliphatic carboxylic acids is 1. The van der Waals surface area contributed by atoms with Crippen molar-refractivity contribution in [3.05, 3.63) is 46.2 Å². The first-order valence-corrected chi connectivity index (χ1v) is 7.39. The van der Waals surface area contributed by atoms with Crippen LogP contribution in [0, 0.1) is 0 Å². The van der Waals surface area contributed by atoms with Gasteiger partial charge in [-0.3, -0.25) is 4.79 Å². The number of carbonyl (C=O) groups is 1. The van der Waals surface area contributed by atoms with Crippen LogP contribution >= 0.6 is 11.3 Å². The lowest BCUT2D eigenvalue weighted by molar-refractivity contribution is -0.137.